The van der Waals surface area contributed by atoms with Crippen molar-refractivity contribution < 1.29 is 4.79 Å². The first kappa shape index (κ1) is 17.3. The second kappa shape index (κ2) is 7.16. The van der Waals surface area contributed by atoms with Gasteiger partial charge in [0.2, 0.25) is 0 Å². The highest BCUT2D eigenvalue weighted by Gasteiger charge is 2.22. The minimum atomic E-state index is -0.170. The summed E-state index contributed by atoms with van der Waals surface area (Å²) in [7, 11) is 0. The van der Waals surface area contributed by atoms with Crippen molar-refractivity contribution in [2.24, 2.45) is 0 Å². The van der Waals surface area contributed by atoms with Crippen molar-refractivity contribution in [2.45, 2.75) is 26.7 Å². The summed E-state index contributed by atoms with van der Waals surface area (Å²) in [5, 5.41) is 10.1. The van der Waals surface area contributed by atoms with Crippen LogP contribution in [0.5, 0.6) is 0 Å². The standard InChI is InChI=1S/C20H20ClN3O/c1-14-11-16(12-17(13-22)20(25)23-9-3-4-10-23)15(2)24(14)19-7-5-18(21)6-8-19/h5-8,11-12H,3-4,9-10H2,1-2H3/b17-12+. The molecular weight excluding hydrogens is 334 g/mol. The van der Waals surface area contributed by atoms with E-state index in [-0.39, 0.29) is 11.5 Å². The molecule has 1 aliphatic rings. The number of aromatic nitrogens is 1. The summed E-state index contributed by atoms with van der Waals surface area (Å²) >= 11 is 5.97. The molecule has 0 radical (unpaired) electrons. The average molecular weight is 354 g/mol. The summed E-state index contributed by atoms with van der Waals surface area (Å²) in [6.45, 7) is 5.47. The number of nitriles is 1. The summed E-state index contributed by atoms with van der Waals surface area (Å²) < 4.78 is 2.09. The van der Waals surface area contributed by atoms with E-state index in [0.29, 0.717) is 5.02 Å². The van der Waals surface area contributed by atoms with Crippen LogP contribution < -0.4 is 0 Å². The lowest BCUT2D eigenvalue weighted by Crippen LogP contribution is -2.28. The molecule has 0 aliphatic carbocycles. The number of halogens is 1. The Morgan fingerprint density at radius 3 is 2.44 bits per heavy atom. The van der Waals surface area contributed by atoms with Crippen molar-refractivity contribution in [1.29, 1.82) is 5.26 Å². The summed E-state index contributed by atoms with van der Waals surface area (Å²) in [5.74, 6) is -0.170. The fourth-order valence-corrected chi connectivity index (χ4v) is 3.44. The maximum absolute atomic E-state index is 12.5. The number of rotatable bonds is 3. The first-order valence-electron chi connectivity index (χ1n) is 8.37. The Morgan fingerprint density at radius 1 is 1.20 bits per heavy atom. The molecular formula is C20H20ClN3O. The highest BCUT2D eigenvalue weighted by molar-refractivity contribution is 6.30. The van der Waals surface area contributed by atoms with Gasteiger partial charge in [0.1, 0.15) is 11.6 Å². The Balaban J connectivity index is 1.97. The van der Waals surface area contributed by atoms with Crippen LogP contribution in [0.15, 0.2) is 35.9 Å². The fourth-order valence-electron chi connectivity index (χ4n) is 3.31. The van der Waals surface area contributed by atoms with E-state index in [2.05, 4.69) is 10.6 Å². The Bertz CT molecular complexity index is 866. The van der Waals surface area contributed by atoms with E-state index in [0.717, 1.165) is 48.6 Å². The summed E-state index contributed by atoms with van der Waals surface area (Å²) in [6, 6.07) is 11.7. The number of hydrogen-bond acceptors (Lipinski definition) is 2. The predicted molar refractivity (Wildman–Crippen MR) is 99.7 cm³/mol. The lowest BCUT2D eigenvalue weighted by atomic mass is 10.1. The van der Waals surface area contributed by atoms with E-state index in [4.69, 9.17) is 11.6 Å². The molecule has 2 heterocycles. The van der Waals surface area contributed by atoms with Crippen molar-refractivity contribution in [3.05, 3.63) is 57.9 Å². The molecule has 25 heavy (non-hydrogen) atoms. The molecule has 1 aromatic carbocycles. The Kier molecular flexibility index (Phi) is 4.96. The molecule has 3 rings (SSSR count). The lowest BCUT2D eigenvalue weighted by molar-refractivity contribution is -0.125. The van der Waals surface area contributed by atoms with E-state index in [1.807, 2.05) is 44.2 Å². The van der Waals surface area contributed by atoms with Crippen molar-refractivity contribution in [1.82, 2.24) is 9.47 Å². The van der Waals surface area contributed by atoms with E-state index in [9.17, 15) is 10.1 Å². The normalized spacial score (nSPS) is 14.6. The maximum Gasteiger partial charge on any atom is 0.264 e. The van der Waals surface area contributed by atoms with Gasteiger partial charge in [-0.15, -0.1) is 0 Å². The summed E-state index contributed by atoms with van der Waals surface area (Å²) in [5.41, 5.74) is 4.11. The highest BCUT2D eigenvalue weighted by Crippen LogP contribution is 2.24. The zero-order valence-corrected chi connectivity index (χ0v) is 15.2. The molecule has 0 atom stereocenters. The molecule has 1 saturated heterocycles. The lowest BCUT2D eigenvalue weighted by Gasteiger charge is -2.14. The van der Waals surface area contributed by atoms with Crippen molar-refractivity contribution in [3.8, 4) is 11.8 Å². The molecule has 5 heteroatoms. The molecule has 0 spiro atoms. The van der Waals surface area contributed by atoms with Crippen LogP contribution in [0.4, 0.5) is 0 Å². The number of carbonyl (C=O) groups excluding carboxylic acids is 1. The second-order valence-electron chi connectivity index (χ2n) is 6.31. The molecule has 0 saturated carbocycles. The Hall–Kier alpha value is -2.51. The smallest absolute Gasteiger partial charge is 0.264 e. The number of benzene rings is 1. The maximum atomic E-state index is 12.5. The van der Waals surface area contributed by atoms with Crippen LogP contribution in [0.1, 0.15) is 29.8 Å². The van der Waals surface area contributed by atoms with Crippen LogP contribution in [0.25, 0.3) is 11.8 Å². The van der Waals surface area contributed by atoms with E-state index < -0.39 is 0 Å². The van der Waals surface area contributed by atoms with E-state index >= 15 is 0 Å². The van der Waals surface area contributed by atoms with E-state index in [1.54, 1.807) is 11.0 Å². The molecule has 1 fully saturated rings. The van der Waals surface area contributed by atoms with Crippen LogP contribution in [-0.4, -0.2) is 28.5 Å². The first-order chi connectivity index (χ1) is 12.0. The van der Waals surface area contributed by atoms with Gasteiger partial charge < -0.3 is 9.47 Å². The van der Waals surface area contributed by atoms with Gasteiger partial charge in [0, 0.05) is 35.2 Å². The van der Waals surface area contributed by atoms with Crippen molar-refractivity contribution >= 4 is 23.6 Å². The quantitative estimate of drug-likeness (QED) is 0.611. The van der Waals surface area contributed by atoms with Crippen LogP contribution in [0.2, 0.25) is 5.02 Å². The number of likely N-dealkylation sites (tertiary alicyclic amines) is 1. The number of amides is 1. The topological polar surface area (TPSA) is 49.0 Å². The van der Waals surface area contributed by atoms with E-state index in [1.165, 1.54) is 0 Å². The van der Waals surface area contributed by atoms with Crippen LogP contribution in [0.3, 0.4) is 0 Å². The monoisotopic (exact) mass is 353 g/mol. The molecule has 0 bridgehead atoms. The zero-order valence-electron chi connectivity index (χ0n) is 14.4. The van der Waals surface area contributed by atoms with Crippen LogP contribution in [-0.2, 0) is 4.79 Å². The molecule has 0 N–H and O–H groups in total. The summed E-state index contributed by atoms with van der Waals surface area (Å²) in [4.78, 5) is 14.3. The van der Waals surface area contributed by atoms with Gasteiger partial charge in [0.25, 0.3) is 5.91 Å². The van der Waals surface area contributed by atoms with Gasteiger partial charge in [-0.3, -0.25) is 4.79 Å². The SMILES string of the molecule is Cc1cc(/C=C(\C#N)C(=O)N2CCCC2)c(C)n1-c1ccc(Cl)cc1. The fraction of sp³-hybridized carbons (Fsp3) is 0.300. The molecule has 128 valence electrons. The molecule has 0 unspecified atom stereocenters. The number of carbonyl (C=O) groups is 1. The van der Waals surface area contributed by atoms with Gasteiger partial charge in [-0.05, 0) is 68.7 Å². The summed E-state index contributed by atoms with van der Waals surface area (Å²) in [6.07, 6.45) is 3.72. The molecule has 1 aliphatic heterocycles. The van der Waals surface area contributed by atoms with Crippen LogP contribution in [0, 0.1) is 25.2 Å². The van der Waals surface area contributed by atoms with Gasteiger partial charge >= 0.3 is 0 Å². The van der Waals surface area contributed by atoms with Crippen molar-refractivity contribution in [3.63, 3.8) is 0 Å². The molecule has 2 aromatic rings. The third kappa shape index (κ3) is 3.47. The third-order valence-electron chi connectivity index (χ3n) is 4.60. The average Bonchev–Trinajstić information content (AvgIpc) is 3.22. The predicted octanol–water partition coefficient (Wildman–Crippen LogP) is 4.28. The first-order valence-corrected chi connectivity index (χ1v) is 8.75. The largest absolute Gasteiger partial charge is 0.338 e. The minimum absolute atomic E-state index is 0.170. The second-order valence-corrected chi connectivity index (χ2v) is 6.74. The van der Waals surface area contributed by atoms with Gasteiger partial charge in [-0.25, -0.2) is 0 Å². The van der Waals surface area contributed by atoms with Crippen molar-refractivity contribution in [2.75, 3.05) is 13.1 Å². The Labute approximate surface area is 152 Å². The number of hydrogen-bond donors (Lipinski definition) is 0. The number of aryl methyl sites for hydroxylation is 1. The van der Waals surface area contributed by atoms with Gasteiger partial charge in [0.15, 0.2) is 0 Å². The molecule has 1 aromatic heterocycles. The van der Waals surface area contributed by atoms with Gasteiger partial charge in [0.05, 0.1) is 0 Å². The molecule has 4 nitrogen and oxygen atoms in total. The highest BCUT2D eigenvalue weighted by atomic mass is 35.5. The third-order valence-corrected chi connectivity index (χ3v) is 4.85. The van der Waals surface area contributed by atoms with Crippen LogP contribution >= 0.6 is 11.6 Å². The minimum Gasteiger partial charge on any atom is -0.338 e. The number of nitrogens with zero attached hydrogens (tertiary/aromatic N) is 3. The van der Waals surface area contributed by atoms with Gasteiger partial charge in [-0.2, -0.15) is 5.26 Å². The zero-order chi connectivity index (χ0) is 18.0. The molecule has 1 amide bonds. The Morgan fingerprint density at radius 2 is 1.84 bits per heavy atom. The van der Waals surface area contributed by atoms with Gasteiger partial charge in [-0.1, -0.05) is 11.6 Å².